The van der Waals surface area contributed by atoms with Crippen molar-refractivity contribution in [1.29, 1.82) is 0 Å². The number of furan rings is 1. The fraction of sp³-hybridized carbons (Fsp3) is 0.375. The number of hydrogen-bond acceptors (Lipinski definition) is 4. The maximum Gasteiger partial charge on any atom is 0.142 e. The van der Waals surface area contributed by atoms with E-state index in [1.165, 1.54) is 5.56 Å². The van der Waals surface area contributed by atoms with E-state index in [4.69, 9.17) is 9.15 Å². The van der Waals surface area contributed by atoms with E-state index in [2.05, 4.69) is 23.2 Å². The lowest BCUT2D eigenvalue weighted by Crippen LogP contribution is -2.16. The lowest BCUT2D eigenvalue weighted by atomic mass is 10.2. The number of rotatable bonds is 6. The van der Waals surface area contributed by atoms with Gasteiger partial charge in [0, 0.05) is 7.05 Å². The molecule has 0 fully saturated rings. The highest BCUT2D eigenvalue weighted by Crippen LogP contribution is 2.28. The summed E-state index contributed by atoms with van der Waals surface area (Å²) in [6, 6.07) is 10.1. The average Bonchev–Trinajstić information content (AvgIpc) is 2.79. The van der Waals surface area contributed by atoms with E-state index >= 15 is 0 Å². The third kappa shape index (κ3) is 3.14. The molecule has 1 heterocycles. The summed E-state index contributed by atoms with van der Waals surface area (Å²) in [5, 5.41) is 3.11. The van der Waals surface area contributed by atoms with Gasteiger partial charge >= 0.3 is 0 Å². The van der Waals surface area contributed by atoms with Gasteiger partial charge in [-0.2, -0.15) is 0 Å². The van der Waals surface area contributed by atoms with Gasteiger partial charge in [0.15, 0.2) is 0 Å². The summed E-state index contributed by atoms with van der Waals surface area (Å²) in [7, 11) is 5.64. The Morgan fingerprint density at radius 1 is 1.30 bits per heavy atom. The van der Waals surface area contributed by atoms with Crippen LogP contribution in [0.4, 0.5) is 5.69 Å². The van der Waals surface area contributed by atoms with E-state index in [-0.39, 0.29) is 0 Å². The second-order valence-corrected chi connectivity index (χ2v) is 4.88. The first-order valence-electron chi connectivity index (χ1n) is 6.72. The third-order valence-corrected chi connectivity index (χ3v) is 3.30. The van der Waals surface area contributed by atoms with Gasteiger partial charge in [0.1, 0.15) is 17.3 Å². The molecule has 0 unspecified atom stereocenters. The molecule has 0 radical (unpaired) electrons. The van der Waals surface area contributed by atoms with Crippen LogP contribution in [0.25, 0.3) is 0 Å². The van der Waals surface area contributed by atoms with Crippen LogP contribution in [0.5, 0.6) is 5.75 Å². The lowest BCUT2D eigenvalue weighted by molar-refractivity contribution is 0.413. The van der Waals surface area contributed by atoms with Gasteiger partial charge in [0.2, 0.25) is 0 Å². The molecule has 0 aliphatic heterocycles. The largest absolute Gasteiger partial charge is 0.495 e. The number of aryl methyl sites for hydroxylation is 1. The zero-order valence-electron chi connectivity index (χ0n) is 12.6. The molecular weight excluding hydrogens is 252 g/mol. The number of nitrogens with zero attached hydrogens (tertiary/aromatic N) is 1. The highest BCUT2D eigenvalue weighted by molar-refractivity contribution is 5.57. The summed E-state index contributed by atoms with van der Waals surface area (Å²) in [5.74, 6) is 2.82. The zero-order valence-corrected chi connectivity index (χ0v) is 12.6. The van der Waals surface area contributed by atoms with Gasteiger partial charge in [-0.1, -0.05) is 12.1 Å². The molecule has 108 valence electrons. The van der Waals surface area contributed by atoms with Crippen molar-refractivity contribution in [1.82, 2.24) is 5.32 Å². The smallest absolute Gasteiger partial charge is 0.142 e. The third-order valence-electron chi connectivity index (χ3n) is 3.30. The van der Waals surface area contributed by atoms with E-state index in [9.17, 15) is 0 Å². The van der Waals surface area contributed by atoms with Gasteiger partial charge in [0.05, 0.1) is 25.9 Å². The molecule has 0 amide bonds. The molecule has 0 atom stereocenters. The Labute approximate surface area is 120 Å². The summed E-state index contributed by atoms with van der Waals surface area (Å²) < 4.78 is 11.3. The molecule has 0 bridgehead atoms. The van der Waals surface area contributed by atoms with Crippen molar-refractivity contribution in [2.45, 2.75) is 20.0 Å². The summed E-state index contributed by atoms with van der Waals surface area (Å²) in [6.07, 6.45) is 0. The van der Waals surface area contributed by atoms with Gasteiger partial charge in [-0.25, -0.2) is 0 Å². The van der Waals surface area contributed by atoms with Crippen LogP contribution in [0, 0.1) is 6.92 Å². The van der Waals surface area contributed by atoms with Crippen LogP contribution in [-0.4, -0.2) is 21.2 Å². The minimum atomic E-state index is 0.713. The maximum absolute atomic E-state index is 5.88. The molecular formula is C16H22N2O2. The minimum Gasteiger partial charge on any atom is -0.495 e. The van der Waals surface area contributed by atoms with Crippen LogP contribution >= 0.6 is 0 Å². The number of anilines is 1. The molecule has 0 aliphatic carbocycles. The summed E-state index contributed by atoms with van der Waals surface area (Å²) in [6.45, 7) is 3.54. The SMILES string of the molecule is CNCc1oc(CN(C)c2ccccc2OC)cc1C. The molecule has 4 heteroatoms. The lowest BCUT2D eigenvalue weighted by Gasteiger charge is -2.20. The van der Waals surface area contributed by atoms with Crippen molar-refractivity contribution in [3.8, 4) is 5.75 Å². The highest BCUT2D eigenvalue weighted by Gasteiger charge is 2.12. The molecule has 2 aromatic rings. The highest BCUT2D eigenvalue weighted by atomic mass is 16.5. The fourth-order valence-corrected chi connectivity index (χ4v) is 2.27. The Morgan fingerprint density at radius 3 is 2.75 bits per heavy atom. The van der Waals surface area contributed by atoms with Crippen LogP contribution in [0.2, 0.25) is 0 Å². The standard InChI is InChI=1S/C16H22N2O2/c1-12-9-13(20-16(12)10-17-2)11-18(3)14-7-5-6-8-15(14)19-4/h5-9,17H,10-11H2,1-4H3. The number of methoxy groups -OCH3 is 1. The Kier molecular flexibility index (Phi) is 4.69. The molecule has 0 spiro atoms. The van der Waals surface area contributed by atoms with Crippen LogP contribution in [0.1, 0.15) is 17.1 Å². The molecule has 1 aromatic carbocycles. The number of para-hydroxylation sites is 2. The number of hydrogen-bond donors (Lipinski definition) is 1. The number of ether oxygens (including phenoxy) is 1. The second kappa shape index (κ2) is 6.48. The topological polar surface area (TPSA) is 37.6 Å². The predicted molar refractivity (Wildman–Crippen MR) is 81.3 cm³/mol. The van der Waals surface area contributed by atoms with Crippen molar-refractivity contribution >= 4 is 5.69 Å². The Balaban J connectivity index is 2.15. The van der Waals surface area contributed by atoms with Crippen LogP contribution in [-0.2, 0) is 13.1 Å². The molecule has 1 aromatic heterocycles. The van der Waals surface area contributed by atoms with Crippen LogP contribution < -0.4 is 15.0 Å². The van der Waals surface area contributed by atoms with Gasteiger partial charge in [0.25, 0.3) is 0 Å². The second-order valence-electron chi connectivity index (χ2n) is 4.88. The Bertz CT molecular complexity index is 563. The predicted octanol–water partition coefficient (Wildman–Crippen LogP) is 2.95. The van der Waals surface area contributed by atoms with E-state index in [1.54, 1.807) is 7.11 Å². The van der Waals surface area contributed by atoms with Crippen molar-refractivity contribution < 1.29 is 9.15 Å². The fourth-order valence-electron chi connectivity index (χ4n) is 2.27. The maximum atomic E-state index is 5.88. The first-order valence-corrected chi connectivity index (χ1v) is 6.72. The number of nitrogens with one attached hydrogen (secondary N) is 1. The van der Waals surface area contributed by atoms with Crippen LogP contribution in [0.15, 0.2) is 34.7 Å². The monoisotopic (exact) mass is 274 g/mol. The normalized spacial score (nSPS) is 10.6. The number of benzene rings is 1. The Hall–Kier alpha value is -1.94. The van der Waals surface area contributed by atoms with Crippen molar-refractivity contribution in [2.75, 3.05) is 26.1 Å². The Morgan fingerprint density at radius 2 is 2.05 bits per heavy atom. The molecule has 0 saturated heterocycles. The zero-order chi connectivity index (χ0) is 14.5. The molecule has 0 aliphatic rings. The first-order chi connectivity index (χ1) is 9.65. The van der Waals surface area contributed by atoms with Crippen molar-refractivity contribution in [2.24, 2.45) is 0 Å². The molecule has 1 N–H and O–H groups in total. The van der Waals surface area contributed by atoms with E-state index in [0.717, 1.165) is 29.5 Å². The van der Waals surface area contributed by atoms with Gasteiger partial charge in [-0.15, -0.1) is 0 Å². The first kappa shape index (κ1) is 14.5. The molecule has 20 heavy (non-hydrogen) atoms. The quantitative estimate of drug-likeness (QED) is 0.879. The van der Waals surface area contributed by atoms with Gasteiger partial charge in [-0.3, -0.25) is 0 Å². The minimum absolute atomic E-state index is 0.713. The van der Waals surface area contributed by atoms with E-state index < -0.39 is 0 Å². The van der Waals surface area contributed by atoms with E-state index in [1.807, 2.05) is 38.4 Å². The molecule has 0 saturated carbocycles. The van der Waals surface area contributed by atoms with Crippen LogP contribution in [0.3, 0.4) is 0 Å². The summed E-state index contributed by atoms with van der Waals surface area (Å²) in [5.41, 5.74) is 2.24. The van der Waals surface area contributed by atoms with E-state index in [0.29, 0.717) is 6.54 Å². The van der Waals surface area contributed by atoms with Crippen molar-refractivity contribution in [3.05, 3.63) is 47.4 Å². The molecule has 2 rings (SSSR count). The van der Waals surface area contributed by atoms with Gasteiger partial charge < -0.3 is 19.4 Å². The summed E-state index contributed by atoms with van der Waals surface area (Å²) in [4.78, 5) is 2.13. The molecule has 4 nitrogen and oxygen atoms in total. The summed E-state index contributed by atoms with van der Waals surface area (Å²) >= 11 is 0. The average molecular weight is 274 g/mol. The van der Waals surface area contributed by atoms with Crippen molar-refractivity contribution in [3.63, 3.8) is 0 Å². The van der Waals surface area contributed by atoms with Gasteiger partial charge in [-0.05, 0) is 37.7 Å².